The Bertz CT molecular complexity index is 451. The van der Waals surface area contributed by atoms with Crippen LogP contribution in [-0.2, 0) is 19.1 Å². The minimum absolute atomic E-state index is 0.0176. The topological polar surface area (TPSA) is 52.6 Å². The van der Waals surface area contributed by atoms with Crippen LogP contribution in [0, 0.1) is 11.3 Å². The van der Waals surface area contributed by atoms with E-state index in [-0.39, 0.29) is 24.6 Å². The summed E-state index contributed by atoms with van der Waals surface area (Å²) in [4.78, 5) is 23.1. The van der Waals surface area contributed by atoms with Crippen LogP contribution in [0.4, 0.5) is 0 Å². The Labute approximate surface area is 119 Å². The van der Waals surface area contributed by atoms with E-state index in [1.54, 1.807) is 6.92 Å². The average Bonchev–Trinajstić information content (AvgIpc) is 3.17. The fourth-order valence-electron chi connectivity index (χ4n) is 3.10. The van der Waals surface area contributed by atoms with Crippen molar-refractivity contribution in [1.29, 1.82) is 0 Å². The number of carbonyl (C=O) groups excluding carboxylic acids is 2. The van der Waals surface area contributed by atoms with Gasteiger partial charge in [0.05, 0.1) is 0 Å². The molecule has 0 aromatic carbocycles. The highest BCUT2D eigenvalue weighted by molar-refractivity contribution is 5.90. The maximum absolute atomic E-state index is 12.0. The summed E-state index contributed by atoms with van der Waals surface area (Å²) in [6.07, 6.45) is 5.75. The van der Waals surface area contributed by atoms with Gasteiger partial charge in [-0.2, -0.15) is 0 Å². The molecule has 2 saturated carbocycles. The third-order valence-electron chi connectivity index (χ3n) is 4.40. The molecule has 0 aromatic heterocycles. The molecule has 0 spiro atoms. The average molecular weight is 278 g/mol. The first-order valence-electron chi connectivity index (χ1n) is 7.16. The second-order valence-corrected chi connectivity index (χ2v) is 5.83. The van der Waals surface area contributed by atoms with Crippen molar-refractivity contribution in [2.24, 2.45) is 11.3 Å². The van der Waals surface area contributed by atoms with Gasteiger partial charge in [-0.25, -0.2) is 9.59 Å². The SMILES string of the molecule is C=C(C)C(=O)OCCOC(=O)C(=C)C12CCCCC1C2. The second kappa shape index (κ2) is 5.81. The van der Waals surface area contributed by atoms with Gasteiger partial charge < -0.3 is 9.47 Å². The van der Waals surface area contributed by atoms with Crippen LogP contribution in [0.5, 0.6) is 0 Å². The van der Waals surface area contributed by atoms with Crippen molar-refractivity contribution in [1.82, 2.24) is 0 Å². The largest absolute Gasteiger partial charge is 0.459 e. The molecule has 2 aliphatic carbocycles. The quantitative estimate of drug-likeness (QED) is 0.426. The van der Waals surface area contributed by atoms with E-state index >= 15 is 0 Å². The molecule has 2 fully saturated rings. The van der Waals surface area contributed by atoms with E-state index in [9.17, 15) is 9.59 Å². The van der Waals surface area contributed by atoms with Crippen molar-refractivity contribution in [3.63, 3.8) is 0 Å². The zero-order chi connectivity index (χ0) is 14.8. The van der Waals surface area contributed by atoms with Crippen molar-refractivity contribution in [2.45, 2.75) is 39.0 Å². The predicted molar refractivity (Wildman–Crippen MR) is 74.9 cm³/mol. The molecule has 0 N–H and O–H groups in total. The molecule has 0 amide bonds. The lowest BCUT2D eigenvalue weighted by molar-refractivity contribution is -0.147. The highest BCUT2D eigenvalue weighted by Crippen LogP contribution is 2.65. The Morgan fingerprint density at radius 3 is 2.40 bits per heavy atom. The number of hydrogen-bond acceptors (Lipinski definition) is 4. The lowest BCUT2D eigenvalue weighted by Crippen LogP contribution is -2.22. The number of rotatable bonds is 6. The first kappa shape index (κ1) is 14.8. The molecule has 2 aliphatic rings. The summed E-state index contributed by atoms with van der Waals surface area (Å²) in [5.41, 5.74) is 0.958. The molecule has 4 nitrogen and oxygen atoms in total. The van der Waals surface area contributed by atoms with Crippen LogP contribution in [0.2, 0.25) is 0 Å². The summed E-state index contributed by atoms with van der Waals surface area (Å²) in [6.45, 7) is 9.11. The van der Waals surface area contributed by atoms with Crippen LogP contribution in [0.3, 0.4) is 0 Å². The van der Waals surface area contributed by atoms with Crippen LogP contribution in [-0.4, -0.2) is 25.2 Å². The third kappa shape index (κ3) is 2.94. The molecule has 110 valence electrons. The molecular weight excluding hydrogens is 256 g/mol. The van der Waals surface area contributed by atoms with Gasteiger partial charge in [0.15, 0.2) is 0 Å². The van der Waals surface area contributed by atoms with E-state index in [0.717, 1.165) is 12.8 Å². The van der Waals surface area contributed by atoms with Crippen molar-refractivity contribution in [3.8, 4) is 0 Å². The molecule has 4 heteroatoms. The molecule has 20 heavy (non-hydrogen) atoms. The van der Waals surface area contributed by atoms with E-state index in [1.165, 1.54) is 19.3 Å². The van der Waals surface area contributed by atoms with Crippen molar-refractivity contribution in [3.05, 3.63) is 24.3 Å². The van der Waals surface area contributed by atoms with Gasteiger partial charge in [-0.05, 0) is 32.1 Å². The summed E-state index contributed by atoms with van der Waals surface area (Å²) in [5, 5.41) is 0. The monoisotopic (exact) mass is 278 g/mol. The molecule has 2 atom stereocenters. The minimum Gasteiger partial charge on any atom is -0.459 e. The van der Waals surface area contributed by atoms with Gasteiger partial charge in [0.25, 0.3) is 0 Å². The van der Waals surface area contributed by atoms with E-state index in [1.807, 2.05) is 0 Å². The van der Waals surface area contributed by atoms with Crippen LogP contribution >= 0.6 is 0 Å². The molecule has 0 radical (unpaired) electrons. The van der Waals surface area contributed by atoms with Gasteiger partial charge in [-0.15, -0.1) is 0 Å². The highest BCUT2D eigenvalue weighted by atomic mass is 16.6. The Hall–Kier alpha value is -1.58. The lowest BCUT2D eigenvalue weighted by atomic mass is 9.83. The number of fused-ring (bicyclic) bond motifs is 1. The Morgan fingerprint density at radius 2 is 1.80 bits per heavy atom. The lowest BCUT2D eigenvalue weighted by Gasteiger charge is -2.23. The van der Waals surface area contributed by atoms with E-state index in [0.29, 0.717) is 17.1 Å². The molecule has 0 aliphatic heterocycles. The summed E-state index contributed by atoms with van der Waals surface area (Å²) in [6, 6.07) is 0. The Kier molecular flexibility index (Phi) is 4.31. The molecule has 2 rings (SSSR count). The van der Waals surface area contributed by atoms with Gasteiger partial charge in [0, 0.05) is 16.6 Å². The predicted octanol–water partition coefficient (Wildman–Crippen LogP) is 2.79. The highest BCUT2D eigenvalue weighted by Gasteiger charge is 2.58. The maximum Gasteiger partial charge on any atom is 0.334 e. The van der Waals surface area contributed by atoms with E-state index < -0.39 is 5.97 Å². The number of ether oxygens (including phenoxy) is 2. The van der Waals surface area contributed by atoms with E-state index in [4.69, 9.17) is 9.47 Å². The fourth-order valence-corrected chi connectivity index (χ4v) is 3.10. The van der Waals surface area contributed by atoms with Gasteiger partial charge in [0.1, 0.15) is 13.2 Å². The Balaban J connectivity index is 1.71. The van der Waals surface area contributed by atoms with Crippen molar-refractivity contribution < 1.29 is 19.1 Å². The summed E-state index contributed by atoms with van der Waals surface area (Å²) in [5.74, 6) is -0.189. The Morgan fingerprint density at radius 1 is 1.15 bits per heavy atom. The standard InChI is InChI=1S/C16H22O4/c1-11(2)14(17)19-8-9-20-15(18)12(3)16-7-5-4-6-13(16)10-16/h13H,1,3-10H2,2H3. The first-order chi connectivity index (χ1) is 9.47. The minimum atomic E-state index is -0.465. The van der Waals surface area contributed by atoms with Crippen molar-refractivity contribution in [2.75, 3.05) is 13.2 Å². The number of esters is 2. The van der Waals surface area contributed by atoms with Gasteiger partial charge in [-0.3, -0.25) is 0 Å². The normalized spacial score (nSPS) is 27.1. The molecule has 2 unspecified atom stereocenters. The van der Waals surface area contributed by atoms with E-state index in [2.05, 4.69) is 13.2 Å². The molecule has 0 saturated heterocycles. The van der Waals surface area contributed by atoms with Crippen LogP contribution in [0.25, 0.3) is 0 Å². The van der Waals surface area contributed by atoms with Gasteiger partial charge in [0.2, 0.25) is 0 Å². The molecule has 0 aromatic rings. The smallest absolute Gasteiger partial charge is 0.334 e. The number of hydrogen-bond donors (Lipinski definition) is 0. The maximum atomic E-state index is 12.0. The third-order valence-corrected chi connectivity index (χ3v) is 4.40. The second-order valence-electron chi connectivity index (χ2n) is 5.83. The van der Waals surface area contributed by atoms with Crippen molar-refractivity contribution >= 4 is 11.9 Å². The summed E-state index contributed by atoms with van der Waals surface area (Å²) < 4.78 is 10.0. The molecular formula is C16H22O4. The van der Waals surface area contributed by atoms with Crippen LogP contribution in [0.1, 0.15) is 39.0 Å². The molecule has 0 heterocycles. The number of carbonyl (C=O) groups is 2. The zero-order valence-corrected chi connectivity index (χ0v) is 12.1. The van der Waals surface area contributed by atoms with Crippen LogP contribution < -0.4 is 0 Å². The summed E-state index contributed by atoms with van der Waals surface area (Å²) >= 11 is 0. The van der Waals surface area contributed by atoms with Crippen LogP contribution in [0.15, 0.2) is 24.3 Å². The fraction of sp³-hybridized carbons (Fsp3) is 0.625. The van der Waals surface area contributed by atoms with Gasteiger partial charge in [-0.1, -0.05) is 26.0 Å². The zero-order valence-electron chi connectivity index (χ0n) is 12.1. The molecule has 0 bridgehead atoms. The first-order valence-corrected chi connectivity index (χ1v) is 7.16. The van der Waals surface area contributed by atoms with Gasteiger partial charge >= 0.3 is 11.9 Å². The summed E-state index contributed by atoms with van der Waals surface area (Å²) in [7, 11) is 0.